The van der Waals surface area contributed by atoms with Gasteiger partial charge < -0.3 is 19.7 Å². The standard InChI is InChI=1S/C63H44O4/c1-61(2)66-59(62(64,55-35-39-19-3-7-23-43(39)47-27-11-15-31-51(47)55)56-36-40-20-4-8-24-44(40)48-28-12-16-32-52(48)56)60(67-61)63(65,57-37-41-21-5-9-25-45(41)49-29-13-17-33-53(49)57)58-38-42-22-6-10-26-46(42)50-30-14-18-34-54(50)58/h3-38,64-65H,1-2H3. The van der Waals surface area contributed by atoms with Crippen molar-refractivity contribution >= 4 is 86.2 Å². The first kappa shape index (κ1) is 39.4. The summed E-state index contributed by atoms with van der Waals surface area (Å²) in [4.78, 5) is 0. The summed E-state index contributed by atoms with van der Waals surface area (Å²) in [6, 6.07) is 74.6. The third-order valence-corrected chi connectivity index (χ3v) is 14.2. The maximum absolute atomic E-state index is 15.0. The summed E-state index contributed by atoms with van der Waals surface area (Å²) in [5, 5.41) is 45.4. The highest BCUT2D eigenvalue weighted by Crippen LogP contribution is 2.57. The van der Waals surface area contributed by atoms with Crippen molar-refractivity contribution in [1.82, 2.24) is 0 Å². The van der Waals surface area contributed by atoms with Crippen LogP contribution in [-0.4, -0.2) is 16.0 Å². The lowest BCUT2D eigenvalue weighted by Crippen LogP contribution is -2.37. The minimum Gasteiger partial charge on any atom is -0.450 e. The molecule has 0 unspecified atom stereocenters. The van der Waals surface area contributed by atoms with E-state index >= 15 is 10.2 Å². The summed E-state index contributed by atoms with van der Waals surface area (Å²) in [6.07, 6.45) is 0. The zero-order chi connectivity index (χ0) is 45.1. The van der Waals surface area contributed by atoms with E-state index in [4.69, 9.17) is 9.47 Å². The summed E-state index contributed by atoms with van der Waals surface area (Å²) in [6.45, 7) is 3.71. The van der Waals surface area contributed by atoms with Crippen LogP contribution in [0.15, 0.2) is 230 Å². The fourth-order valence-corrected chi connectivity index (χ4v) is 11.3. The Morgan fingerprint density at radius 1 is 0.284 bits per heavy atom. The van der Waals surface area contributed by atoms with Crippen molar-refractivity contribution in [3.63, 3.8) is 0 Å². The van der Waals surface area contributed by atoms with Crippen molar-refractivity contribution in [3.8, 4) is 0 Å². The smallest absolute Gasteiger partial charge is 0.245 e. The molecule has 0 aromatic heterocycles. The molecule has 0 atom stereocenters. The molecule has 0 radical (unpaired) electrons. The van der Waals surface area contributed by atoms with Crippen LogP contribution in [-0.2, 0) is 20.7 Å². The monoisotopic (exact) mass is 864 g/mol. The van der Waals surface area contributed by atoms with E-state index in [9.17, 15) is 0 Å². The molecule has 0 saturated heterocycles. The van der Waals surface area contributed by atoms with Crippen LogP contribution in [0.1, 0.15) is 36.1 Å². The first-order chi connectivity index (χ1) is 32.7. The number of rotatable bonds is 6. The van der Waals surface area contributed by atoms with Gasteiger partial charge in [-0.05, 0) is 110 Å². The minimum atomic E-state index is -2.08. The van der Waals surface area contributed by atoms with E-state index in [0.717, 1.165) is 86.2 Å². The number of hydrogen-bond donors (Lipinski definition) is 2. The lowest BCUT2D eigenvalue weighted by atomic mass is 9.73. The number of ether oxygens (including phenoxy) is 2. The molecule has 0 spiro atoms. The molecule has 2 N–H and O–H groups in total. The van der Waals surface area contributed by atoms with Gasteiger partial charge in [0.15, 0.2) is 22.7 Å². The average Bonchev–Trinajstić information content (AvgIpc) is 3.73. The number of aliphatic hydroxyl groups is 2. The van der Waals surface area contributed by atoms with E-state index < -0.39 is 17.0 Å². The highest BCUT2D eigenvalue weighted by atomic mass is 16.7. The van der Waals surface area contributed by atoms with Gasteiger partial charge in [-0.25, -0.2) is 0 Å². The average molecular weight is 865 g/mol. The van der Waals surface area contributed by atoms with Gasteiger partial charge in [-0.2, -0.15) is 0 Å². The first-order valence-corrected chi connectivity index (χ1v) is 22.9. The molecule has 0 saturated carbocycles. The molecule has 0 amide bonds. The molecule has 1 heterocycles. The SMILES string of the molecule is CC1(C)OC(C(O)(c2cc3ccccc3c3ccccc23)c2cc3ccccc3c3ccccc23)=C(C(O)(c2cc3ccccc3c3ccccc23)c2cc3ccccc3c3ccccc23)O1. The third kappa shape index (κ3) is 5.74. The highest BCUT2D eigenvalue weighted by molar-refractivity contribution is 6.14. The maximum Gasteiger partial charge on any atom is 0.245 e. The Morgan fingerprint density at radius 3 is 0.716 bits per heavy atom. The molecule has 67 heavy (non-hydrogen) atoms. The second kappa shape index (κ2) is 14.5. The molecular weight excluding hydrogens is 821 g/mol. The Labute approximate surface area is 387 Å². The van der Waals surface area contributed by atoms with E-state index in [2.05, 4.69) is 146 Å². The molecule has 0 aliphatic carbocycles. The number of benzene rings is 12. The molecule has 13 rings (SSSR count). The van der Waals surface area contributed by atoms with Crippen LogP contribution in [0, 0.1) is 0 Å². The predicted octanol–water partition coefficient (Wildman–Crippen LogP) is 15.1. The molecule has 0 fully saturated rings. The fraction of sp³-hybridized carbons (Fsp3) is 0.0794. The lowest BCUT2D eigenvalue weighted by Gasteiger charge is -2.36. The summed E-state index contributed by atoms with van der Waals surface area (Å²) in [5.41, 5.74) is -1.75. The van der Waals surface area contributed by atoms with Crippen LogP contribution in [0.25, 0.3) is 86.2 Å². The maximum atomic E-state index is 15.0. The van der Waals surface area contributed by atoms with Crippen LogP contribution in [0.3, 0.4) is 0 Å². The van der Waals surface area contributed by atoms with Crippen LogP contribution in [0.5, 0.6) is 0 Å². The van der Waals surface area contributed by atoms with E-state index in [-0.39, 0.29) is 11.5 Å². The van der Waals surface area contributed by atoms with Crippen molar-refractivity contribution in [2.24, 2.45) is 0 Å². The van der Waals surface area contributed by atoms with Gasteiger partial charge in [0, 0.05) is 36.1 Å². The molecule has 0 bridgehead atoms. The van der Waals surface area contributed by atoms with Crippen LogP contribution >= 0.6 is 0 Å². The van der Waals surface area contributed by atoms with Crippen molar-refractivity contribution < 1.29 is 19.7 Å². The molecule has 4 nitrogen and oxygen atoms in total. The van der Waals surface area contributed by atoms with E-state index in [0.29, 0.717) is 22.3 Å². The topological polar surface area (TPSA) is 58.9 Å². The van der Waals surface area contributed by atoms with Gasteiger partial charge in [-0.15, -0.1) is 0 Å². The van der Waals surface area contributed by atoms with Crippen LogP contribution < -0.4 is 0 Å². The second-order valence-corrected chi connectivity index (χ2v) is 18.4. The normalized spacial score (nSPS) is 14.3. The molecule has 1 aliphatic rings. The van der Waals surface area contributed by atoms with E-state index in [1.54, 1.807) is 0 Å². The first-order valence-electron chi connectivity index (χ1n) is 22.9. The van der Waals surface area contributed by atoms with Gasteiger partial charge >= 0.3 is 0 Å². The van der Waals surface area contributed by atoms with Crippen LogP contribution in [0.2, 0.25) is 0 Å². The van der Waals surface area contributed by atoms with Crippen molar-refractivity contribution in [1.29, 1.82) is 0 Å². The number of hydrogen-bond acceptors (Lipinski definition) is 4. The van der Waals surface area contributed by atoms with Gasteiger partial charge in [0.25, 0.3) is 0 Å². The Hall–Kier alpha value is -8.02. The molecule has 12 aromatic rings. The zero-order valence-corrected chi connectivity index (χ0v) is 37.0. The molecule has 320 valence electrons. The van der Waals surface area contributed by atoms with Gasteiger partial charge in [0.2, 0.25) is 5.79 Å². The van der Waals surface area contributed by atoms with Crippen molar-refractivity contribution in [3.05, 3.63) is 252 Å². The fourth-order valence-electron chi connectivity index (χ4n) is 11.3. The van der Waals surface area contributed by atoms with Gasteiger partial charge in [0.05, 0.1) is 0 Å². The summed E-state index contributed by atoms with van der Waals surface area (Å²) < 4.78 is 14.6. The Bertz CT molecular complexity index is 3570. The number of fused-ring (bicyclic) bond motifs is 12. The Kier molecular flexibility index (Phi) is 8.51. The lowest BCUT2D eigenvalue weighted by molar-refractivity contribution is -0.146. The predicted molar refractivity (Wildman–Crippen MR) is 275 cm³/mol. The summed E-state index contributed by atoms with van der Waals surface area (Å²) >= 11 is 0. The molecular formula is C63H44O4. The van der Waals surface area contributed by atoms with E-state index in [1.165, 1.54) is 0 Å². The Morgan fingerprint density at radius 2 is 0.478 bits per heavy atom. The minimum absolute atomic E-state index is 0.107. The summed E-state index contributed by atoms with van der Waals surface area (Å²) in [5.74, 6) is -1.14. The molecule has 4 heteroatoms. The van der Waals surface area contributed by atoms with Crippen molar-refractivity contribution in [2.45, 2.75) is 30.8 Å². The Balaban J connectivity index is 1.27. The second-order valence-electron chi connectivity index (χ2n) is 18.4. The molecule has 1 aliphatic heterocycles. The van der Waals surface area contributed by atoms with Gasteiger partial charge in [-0.1, -0.05) is 194 Å². The van der Waals surface area contributed by atoms with E-state index in [1.807, 2.05) is 86.6 Å². The molecule has 12 aromatic carbocycles. The van der Waals surface area contributed by atoms with Crippen molar-refractivity contribution in [2.75, 3.05) is 0 Å². The highest BCUT2D eigenvalue weighted by Gasteiger charge is 2.56. The third-order valence-electron chi connectivity index (χ3n) is 14.2. The van der Waals surface area contributed by atoms with Gasteiger partial charge in [0.1, 0.15) is 0 Å². The zero-order valence-electron chi connectivity index (χ0n) is 37.0. The summed E-state index contributed by atoms with van der Waals surface area (Å²) in [7, 11) is 0. The van der Waals surface area contributed by atoms with Gasteiger partial charge in [-0.3, -0.25) is 0 Å². The van der Waals surface area contributed by atoms with Crippen LogP contribution in [0.4, 0.5) is 0 Å². The largest absolute Gasteiger partial charge is 0.450 e. The quantitative estimate of drug-likeness (QED) is 0.164.